The van der Waals surface area contributed by atoms with Crippen molar-refractivity contribution in [2.24, 2.45) is 0 Å². The summed E-state index contributed by atoms with van der Waals surface area (Å²) in [7, 11) is 0. The number of aryl methyl sites for hydroxylation is 1. The molecule has 122 valence electrons. The first-order chi connectivity index (χ1) is 9.45. The maximum atomic E-state index is 2.28. The van der Waals surface area contributed by atoms with Crippen LogP contribution in [0.2, 0.25) is 0 Å². The van der Waals surface area contributed by atoms with E-state index in [4.69, 9.17) is 0 Å². The molecule has 0 N–H and O–H groups in total. The van der Waals surface area contributed by atoms with Crippen molar-refractivity contribution in [3.8, 4) is 11.1 Å². The fourth-order valence-corrected chi connectivity index (χ4v) is 2.79. The Hall–Kier alpha value is -0.487. The monoisotopic (exact) mass is 423 g/mol. The van der Waals surface area contributed by atoms with Crippen LogP contribution in [-0.4, -0.2) is 0 Å². The van der Waals surface area contributed by atoms with Crippen LogP contribution < -0.4 is 0 Å². The molecule has 0 bridgehead atoms. The molecule has 0 nitrogen and oxygen atoms in total. The molecule has 0 aliphatic carbocycles. The van der Waals surface area contributed by atoms with E-state index in [0.29, 0.717) is 0 Å². The SMILES string of the molecule is Cc1cc2cccc(-c3ccc(C(C)(C)C)cc3)c2[cH-]1.Cl.Cl.[Zr]. The molecule has 0 radical (unpaired) electrons. The maximum Gasteiger partial charge on any atom is 0 e. The molecule has 0 saturated heterocycles. The van der Waals surface area contributed by atoms with Crippen LogP contribution in [0.15, 0.2) is 54.6 Å². The van der Waals surface area contributed by atoms with Crippen LogP contribution >= 0.6 is 24.8 Å². The molecule has 0 aliphatic rings. The van der Waals surface area contributed by atoms with Crippen LogP contribution in [0, 0.1) is 6.92 Å². The van der Waals surface area contributed by atoms with Gasteiger partial charge in [-0.15, -0.1) is 53.3 Å². The van der Waals surface area contributed by atoms with Crippen LogP contribution in [0.4, 0.5) is 0 Å². The predicted molar refractivity (Wildman–Crippen MR) is 103 cm³/mol. The first-order valence-electron chi connectivity index (χ1n) is 7.22. The Labute approximate surface area is 171 Å². The first-order valence-corrected chi connectivity index (χ1v) is 7.22. The van der Waals surface area contributed by atoms with Crippen molar-refractivity contribution < 1.29 is 26.2 Å². The molecule has 0 amide bonds. The molecule has 0 atom stereocenters. The van der Waals surface area contributed by atoms with E-state index in [9.17, 15) is 0 Å². The smallest absolute Gasteiger partial charge is 0 e. The van der Waals surface area contributed by atoms with E-state index in [1.807, 2.05) is 0 Å². The summed E-state index contributed by atoms with van der Waals surface area (Å²) in [6.45, 7) is 8.92. The Bertz CT molecular complexity index is 749. The van der Waals surface area contributed by atoms with Crippen molar-refractivity contribution in [2.45, 2.75) is 33.1 Å². The van der Waals surface area contributed by atoms with Crippen molar-refractivity contribution in [1.29, 1.82) is 0 Å². The number of benzene rings is 2. The fourth-order valence-electron chi connectivity index (χ4n) is 2.79. The predicted octanol–water partition coefficient (Wildman–Crippen LogP) is 6.67. The molecule has 0 aromatic heterocycles. The maximum absolute atomic E-state index is 2.28. The Morgan fingerprint density at radius 1 is 0.870 bits per heavy atom. The Morgan fingerprint density at radius 2 is 1.48 bits per heavy atom. The number of rotatable bonds is 1. The summed E-state index contributed by atoms with van der Waals surface area (Å²) in [5, 5.41) is 2.69. The molecule has 0 aliphatic heterocycles. The van der Waals surface area contributed by atoms with Crippen LogP contribution in [-0.2, 0) is 31.6 Å². The second kappa shape index (κ2) is 8.56. The quantitative estimate of drug-likeness (QED) is 0.382. The third-order valence-corrected chi connectivity index (χ3v) is 3.96. The minimum atomic E-state index is 0. The molecule has 0 heterocycles. The van der Waals surface area contributed by atoms with Crippen molar-refractivity contribution in [3.05, 3.63) is 65.7 Å². The van der Waals surface area contributed by atoms with Gasteiger partial charge in [-0.05, 0) is 11.0 Å². The second-order valence-electron chi connectivity index (χ2n) is 6.67. The van der Waals surface area contributed by atoms with Gasteiger partial charge in [-0.1, -0.05) is 75.2 Å². The third-order valence-electron chi connectivity index (χ3n) is 3.96. The fraction of sp³-hybridized carbons (Fsp3) is 0.250. The van der Waals surface area contributed by atoms with Gasteiger partial charge in [0, 0.05) is 26.2 Å². The summed E-state index contributed by atoms with van der Waals surface area (Å²) in [5.74, 6) is 0. The van der Waals surface area contributed by atoms with E-state index in [0.717, 1.165) is 0 Å². The zero-order valence-electron chi connectivity index (χ0n) is 14.0. The van der Waals surface area contributed by atoms with E-state index < -0.39 is 0 Å². The van der Waals surface area contributed by atoms with E-state index in [-0.39, 0.29) is 56.4 Å². The van der Waals surface area contributed by atoms with Crippen LogP contribution in [0.25, 0.3) is 21.9 Å². The summed E-state index contributed by atoms with van der Waals surface area (Å²) in [4.78, 5) is 0. The molecular weight excluding hydrogens is 402 g/mol. The van der Waals surface area contributed by atoms with E-state index in [2.05, 4.69) is 82.3 Å². The summed E-state index contributed by atoms with van der Waals surface area (Å²) in [5.41, 5.74) is 5.55. The zero-order valence-corrected chi connectivity index (χ0v) is 18.1. The van der Waals surface area contributed by atoms with Crippen molar-refractivity contribution in [3.63, 3.8) is 0 Å². The number of hydrogen-bond donors (Lipinski definition) is 0. The van der Waals surface area contributed by atoms with Gasteiger partial charge < -0.3 is 0 Å². The molecule has 3 rings (SSSR count). The van der Waals surface area contributed by atoms with Gasteiger partial charge >= 0.3 is 0 Å². The van der Waals surface area contributed by atoms with Crippen LogP contribution in [0.3, 0.4) is 0 Å². The van der Waals surface area contributed by atoms with Crippen LogP contribution in [0.1, 0.15) is 31.9 Å². The molecule has 0 fully saturated rings. The largest absolute Gasteiger partial charge is 0.165 e. The van der Waals surface area contributed by atoms with E-state index >= 15 is 0 Å². The van der Waals surface area contributed by atoms with E-state index in [1.54, 1.807) is 0 Å². The molecule has 0 saturated carbocycles. The van der Waals surface area contributed by atoms with Gasteiger partial charge in [0.15, 0.2) is 0 Å². The van der Waals surface area contributed by atoms with Gasteiger partial charge in [0.25, 0.3) is 0 Å². The Kier molecular flexibility index (Phi) is 8.38. The van der Waals surface area contributed by atoms with E-state index in [1.165, 1.54) is 33.0 Å². The van der Waals surface area contributed by atoms with Gasteiger partial charge in [-0.3, -0.25) is 0 Å². The van der Waals surface area contributed by atoms with Gasteiger partial charge in [0.2, 0.25) is 0 Å². The van der Waals surface area contributed by atoms with Crippen LogP contribution in [0.5, 0.6) is 0 Å². The number of fused-ring (bicyclic) bond motifs is 1. The number of halogens is 2. The summed E-state index contributed by atoms with van der Waals surface area (Å²) >= 11 is 0. The Balaban J connectivity index is 0.00000161. The molecule has 0 spiro atoms. The van der Waals surface area contributed by atoms with Gasteiger partial charge in [-0.25, -0.2) is 0 Å². The van der Waals surface area contributed by atoms with Gasteiger partial charge in [-0.2, -0.15) is 6.07 Å². The summed E-state index contributed by atoms with van der Waals surface area (Å²) < 4.78 is 0. The first kappa shape index (κ1) is 22.5. The average Bonchev–Trinajstić information content (AvgIpc) is 2.78. The molecule has 23 heavy (non-hydrogen) atoms. The minimum Gasteiger partial charge on any atom is -0.165 e. The minimum absolute atomic E-state index is 0. The van der Waals surface area contributed by atoms with Gasteiger partial charge in [0.1, 0.15) is 0 Å². The molecule has 0 unspecified atom stereocenters. The standard InChI is InChI=1S/C20H21.2ClH.Zr/c1-14-12-16-6-5-7-18(19(16)13-14)15-8-10-17(11-9-15)20(2,3)4;;;/h5-13H,1-4H3;2*1H;/q-1;;;. The molecule has 3 aromatic carbocycles. The van der Waals surface area contributed by atoms with Gasteiger partial charge in [0.05, 0.1) is 0 Å². The number of hydrogen-bond acceptors (Lipinski definition) is 0. The molecular formula is C20H23Cl2Zr-. The summed E-state index contributed by atoms with van der Waals surface area (Å²) in [6.07, 6.45) is 0. The van der Waals surface area contributed by atoms with Crippen molar-refractivity contribution in [1.82, 2.24) is 0 Å². The molecule has 3 aromatic rings. The summed E-state index contributed by atoms with van der Waals surface area (Å²) in [6, 6.07) is 20.1. The topological polar surface area (TPSA) is 0 Å². The zero-order chi connectivity index (χ0) is 14.3. The Morgan fingerprint density at radius 3 is 2.04 bits per heavy atom. The second-order valence-corrected chi connectivity index (χ2v) is 6.67. The average molecular weight is 426 g/mol. The normalized spacial score (nSPS) is 10.4. The third kappa shape index (κ3) is 4.75. The van der Waals surface area contributed by atoms with Crippen molar-refractivity contribution >= 4 is 35.6 Å². The molecule has 3 heteroatoms. The van der Waals surface area contributed by atoms with Crippen molar-refractivity contribution in [2.75, 3.05) is 0 Å².